The molecule has 4 heterocycles. The van der Waals surface area contributed by atoms with Gasteiger partial charge in [0, 0.05) is 87.7 Å². The summed E-state index contributed by atoms with van der Waals surface area (Å²) in [6.45, 7) is 5.32. The highest BCUT2D eigenvalue weighted by Gasteiger charge is 2.31. The quantitative estimate of drug-likeness (QED) is 0.230. The SMILES string of the molecule is COCCCn1c(C2CCCN(C(=O)C[C@H](N)Cc3ccc(-c4ccc(C(=O)N5CC(O)C5)nc4)cc3)C2)c(C)c2cccc(F)c21. The number of β-amino-alcohol motifs (C(OH)–C–C–N with tert-alkyl or cyclic N) is 1. The van der Waals surface area contributed by atoms with Gasteiger partial charge in [0.1, 0.15) is 11.5 Å². The Kier molecular flexibility index (Phi) is 10.0. The second kappa shape index (κ2) is 14.3. The van der Waals surface area contributed by atoms with Crippen LogP contribution < -0.4 is 5.73 Å². The fourth-order valence-corrected chi connectivity index (χ4v) is 7.14. The number of likely N-dealkylation sites (tertiary alicyclic amines) is 2. The smallest absolute Gasteiger partial charge is 0.272 e. The molecule has 10 heteroatoms. The summed E-state index contributed by atoms with van der Waals surface area (Å²) in [5.74, 6) is -0.218. The summed E-state index contributed by atoms with van der Waals surface area (Å²) < 4.78 is 22.5. The van der Waals surface area contributed by atoms with E-state index < -0.39 is 6.10 Å². The first-order valence-corrected chi connectivity index (χ1v) is 16.6. The van der Waals surface area contributed by atoms with Gasteiger partial charge in [-0.1, -0.05) is 42.5 Å². The van der Waals surface area contributed by atoms with Crippen molar-refractivity contribution in [3.05, 3.63) is 89.1 Å². The largest absolute Gasteiger partial charge is 0.389 e. The van der Waals surface area contributed by atoms with E-state index in [1.54, 1.807) is 30.3 Å². The van der Waals surface area contributed by atoms with Crippen molar-refractivity contribution in [3.63, 3.8) is 0 Å². The maximum atomic E-state index is 15.1. The summed E-state index contributed by atoms with van der Waals surface area (Å²) in [5, 5.41) is 10.4. The molecule has 2 amide bonds. The minimum Gasteiger partial charge on any atom is -0.389 e. The van der Waals surface area contributed by atoms with Crippen LogP contribution in [0.4, 0.5) is 4.39 Å². The number of hydrogen-bond acceptors (Lipinski definition) is 6. The normalized spacial score (nSPS) is 17.6. The molecule has 0 saturated carbocycles. The molecule has 2 aromatic heterocycles. The van der Waals surface area contributed by atoms with Gasteiger partial charge in [-0.05, 0) is 61.4 Å². The lowest BCUT2D eigenvalue weighted by atomic mass is 9.91. The number of ether oxygens (including phenoxy) is 1. The van der Waals surface area contributed by atoms with Crippen molar-refractivity contribution >= 4 is 22.7 Å². The molecule has 248 valence electrons. The predicted octanol–water partition coefficient (Wildman–Crippen LogP) is 4.67. The molecule has 2 aliphatic heterocycles. The highest BCUT2D eigenvalue weighted by molar-refractivity contribution is 5.93. The zero-order chi connectivity index (χ0) is 33.1. The molecule has 2 aromatic carbocycles. The van der Waals surface area contributed by atoms with Crippen LogP contribution >= 0.6 is 0 Å². The second-order valence-electron chi connectivity index (χ2n) is 13.0. The van der Waals surface area contributed by atoms with E-state index in [9.17, 15) is 14.7 Å². The summed E-state index contributed by atoms with van der Waals surface area (Å²) in [7, 11) is 1.68. The maximum Gasteiger partial charge on any atom is 0.272 e. The molecule has 0 aliphatic carbocycles. The van der Waals surface area contributed by atoms with Crippen LogP contribution in [0.5, 0.6) is 0 Å². The van der Waals surface area contributed by atoms with Crippen molar-refractivity contribution in [2.24, 2.45) is 5.73 Å². The van der Waals surface area contributed by atoms with Crippen LogP contribution in [-0.4, -0.2) is 88.3 Å². The fourth-order valence-electron chi connectivity index (χ4n) is 7.14. The van der Waals surface area contributed by atoms with E-state index in [1.165, 1.54) is 6.07 Å². The summed E-state index contributed by atoms with van der Waals surface area (Å²) in [6.07, 6.45) is 4.68. The van der Waals surface area contributed by atoms with E-state index >= 15 is 4.39 Å². The third-order valence-electron chi connectivity index (χ3n) is 9.58. The number of nitrogens with zero attached hydrogens (tertiary/aromatic N) is 4. The molecular formula is C37H44FN5O4. The van der Waals surface area contributed by atoms with Crippen molar-refractivity contribution in [2.75, 3.05) is 39.9 Å². The van der Waals surface area contributed by atoms with E-state index in [1.807, 2.05) is 41.3 Å². The average Bonchev–Trinajstić information content (AvgIpc) is 3.35. The van der Waals surface area contributed by atoms with Gasteiger partial charge < -0.3 is 29.9 Å². The number of aliphatic hydroxyl groups is 1. The molecule has 9 nitrogen and oxygen atoms in total. The zero-order valence-corrected chi connectivity index (χ0v) is 27.2. The van der Waals surface area contributed by atoms with Gasteiger partial charge >= 0.3 is 0 Å². The molecule has 1 unspecified atom stereocenters. The highest BCUT2D eigenvalue weighted by atomic mass is 19.1. The predicted molar refractivity (Wildman–Crippen MR) is 180 cm³/mol. The molecule has 47 heavy (non-hydrogen) atoms. The van der Waals surface area contributed by atoms with Gasteiger partial charge in [-0.15, -0.1) is 0 Å². The van der Waals surface area contributed by atoms with E-state index in [2.05, 4.69) is 16.5 Å². The van der Waals surface area contributed by atoms with Crippen molar-refractivity contribution in [3.8, 4) is 11.1 Å². The average molecular weight is 642 g/mol. The fraction of sp³-hybridized carbons (Fsp3) is 0.432. The molecular weight excluding hydrogens is 597 g/mol. The zero-order valence-electron chi connectivity index (χ0n) is 27.2. The van der Waals surface area contributed by atoms with Gasteiger partial charge in [-0.25, -0.2) is 4.39 Å². The van der Waals surface area contributed by atoms with Crippen LogP contribution in [0, 0.1) is 12.7 Å². The third kappa shape index (κ3) is 7.10. The highest BCUT2D eigenvalue weighted by Crippen LogP contribution is 2.37. The van der Waals surface area contributed by atoms with Crippen molar-refractivity contribution in [1.29, 1.82) is 0 Å². The molecule has 2 atom stereocenters. The third-order valence-corrected chi connectivity index (χ3v) is 9.58. The monoisotopic (exact) mass is 641 g/mol. The number of carbonyl (C=O) groups excluding carboxylic acids is 2. The number of nitrogens with two attached hydrogens (primary N) is 1. The standard InChI is InChI=1S/C37H44FN5O4/c1-24-31-7-3-8-32(38)36(31)43(16-5-17-47-2)35(24)28-6-4-15-41(21-28)34(45)19-29(39)18-25-9-11-26(12-10-25)27-13-14-33(40-20-27)37(46)42-22-30(44)23-42/h3,7-14,20,28-30,44H,4-6,15-19,21-23,39H2,1-2H3/t28?,29-/m1/s1. The minimum absolute atomic E-state index is 0.0538. The Morgan fingerprint density at radius 1 is 1.06 bits per heavy atom. The summed E-state index contributed by atoms with van der Waals surface area (Å²) in [6, 6.07) is 16.6. The number of amides is 2. The number of aliphatic hydroxyl groups excluding tert-OH is 1. The van der Waals surface area contributed by atoms with Crippen molar-refractivity contribution in [2.45, 2.75) is 63.6 Å². The first-order valence-electron chi connectivity index (χ1n) is 16.6. The maximum absolute atomic E-state index is 15.1. The van der Waals surface area contributed by atoms with E-state index in [4.69, 9.17) is 10.5 Å². The lowest BCUT2D eigenvalue weighted by Crippen LogP contribution is -2.53. The molecule has 0 radical (unpaired) electrons. The number of methoxy groups -OCH3 is 1. The summed E-state index contributed by atoms with van der Waals surface area (Å²) >= 11 is 0. The number of aromatic nitrogens is 2. The van der Waals surface area contributed by atoms with E-state index in [0.29, 0.717) is 57.0 Å². The van der Waals surface area contributed by atoms with E-state index in [0.717, 1.165) is 52.6 Å². The number of pyridine rings is 1. The first kappa shape index (κ1) is 32.8. The van der Waals surface area contributed by atoms with Gasteiger partial charge in [0.2, 0.25) is 5.91 Å². The van der Waals surface area contributed by atoms with Gasteiger partial charge in [-0.3, -0.25) is 14.6 Å². The van der Waals surface area contributed by atoms with Gasteiger partial charge in [0.25, 0.3) is 5.91 Å². The molecule has 2 aliphatic rings. The summed E-state index contributed by atoms with van der Waals surface area (Å²) in [5.41, 5.74) is 12.6. The number of rotatable bonds is 11. The minimum atomic E-state index is -0.445. The summed E-state index contributed by atoms with van der Waals surface area (Å²) in [4.78, 5) is 33.8. The first-order chi connectivity index (χ1) is 22.7. The van der Waals surface area contributed by atoms with Crippen LogP contribution in [0.25, 0.3) is 22.0 Å². The molecule has 2 saturated heterocycles. The molecule has 3 N–H and O–H groups in total. The Bertz CT molecular complexity index is 1720. The van der Waals surface area contributed by atoms with Crippen LogP contribution in [0.2, 0.25) is 0 Å². The van der Waals surface area contributed by atoms with Crippen LogP contribution in [0.15, 0.2) is 60.8 Å². The topological polar surface area (TPSA) is 114 Å². The van der Waals surface area contributed by atoms with E-state index in [-0.39, 0.29) is 36.0 Å². The van der Waals surface area contributed by atoms with Gasteiger partial charge in [0.05, 0.1) is 11.6 Å². The van der Waals surface area contributed by atoms with Crippen LogP contribution in [0.1, 0.15) is 58.9 Å². The number of aryl methyl sites for hydroxylation is 2. The number of hydrogen-bond donors (Lipinski definition) is 2. The van der Waals surface area contributed by atoms with Crippen molar-refractivity contribution < 1.29 is 23.8 Å². The van der Waals surface area contributed by atoms with Crippen molar-refractivity contribution in [1.82, 2.24) is 19.4 Å². The van der Waals surface area contributed by atoms with Crippen LogP contribution in [-0.2, 0) is 22.5 Å². The number of piperidine rings is 1. The number of halogens is 1. The molecule has 2 fully saturated rings. The van der Waals surface area contributed by atoms with Gasteiger partial charge in [-0.2, -0.15) is 0 Å². The number of benzene rings is 2. The molecule has 6 rings (SSSR count). The number of carbonyl (C=O) groups is 2. The lowest BCUT2D eigenvalue weighted by molar-refractivity contribution is -0.132. The Morgan fingerprint density at radius 2 is 1.83 bits per heavy atom. The Balaban J connectivity index is 1.07. The molecule has 0 bridgehead atoms. The molecule has 0 spiro atoms. The molecule has 4 aromatic rings. The Morgan fingerprint density at radius 3 is 2.53 bits per heavy atom. The number of para-hydroxylation sites is 1. The second-order valence-corrected chi connectivity index (χ2v) is 13.0. The lowest BCUT2D eigenvalue weighted by Gasteiger charge is -2.35. The van der Waals surface area contributed by atoms with Gasteiger partial charge in [0.15, 0.2) is 0 Å². The number of fused-ring (bicyclic) bond motifs is 1. The Hall–Kier alpha value is -4.12. The Labute approximate surface area is 275 Å². The van der Waals surface area contributed by atoms with Crippen LogP contribution in [0.3, 0.4) is 0 Å².